The second-order valence-corrected chi connectivity index (χ2v) is 12.8. The van der Waals surface area contributed by atoms with Crippen molar-refractivity contribution in [3.8, 4) is 5.75 Å². The summed E-state index contributed by atoms with van der Waals surface area (Å²) in [5.74, 6) is -0.170. The van der Waals surface area contributed by atoms with Gasteiger partial charge in [-0.2, -0.15) is 0 Å². The van der Waals surface area contributed by atoms with Crippen LogP contribution < -0.4 is 19.6 Å². The predicted octanol–water partition coefficient (Wildman–Crippen LogP) is 6.03. The number of esters is 1. The molecule has 236 valence electrons. The van der Waals surface area contributed by atoms with Crippen molar-refractivity contribution in [2.75, 3.05) is 6.61 Å². The SMILES string of the molecule is CCOC(=O)C1=C(C)N=c2s/c(=C/c3cc(Br)c(OCc4ccc([N+](=O)[O-])cc4)c(Br)c3)c(=O)n2[C@H]1c1ccc(C)c([N+](=O)[O-])c1. The number of thiazole rings is 1. The first-order valence-corrected chi connectivity index (χ1v) is 16.1. The quantitative estimate of drug-likeness (QED) is 0.114. The molecule has 0 saturated carbocycles. The molecule has 0 fully saturated rings. The van der Waals surface area contributed by atoms with E-state index in [1.165, 1.54) is 22.8 Å². The zero-order chi connectivity index (χ0) is 33.3. The highest BCUT2D eigenvalue weighted by atomic mass is 79.9. The zero-order valence-electron chi connectivity index (χ0n) is 24.5. The third-order valence-corrected chi connectivity index (χ3v) is 9.27. The number of allylic oxidation sites excluding steroid dienone is 1. The van der Waals surface area contributed by atoms with Crippen LogP contribution in [-0.2, 0) is 16.1 Å². The molecule has 4 aromatic rings. The Morgan fingerprint density at radius 2 is 1.72 bits per heavy atom. The number of carbonyl (C=O) groups excluding carboxylic acids is 1. The summed E-state index contributed by atoms with van der Waals surface area (Å²) in [6.45, 7) is 5.17. The number of non-ortho nitro benzene ring substituents is 1. The summed E-state index contributed by atoms with van der Waals surface area (Å²) in [6.07, 6.45) is 1.68. The van der Waals surface area contributed by atoms with Gasteiger partial charge in [-0.3, -0.25) is 29.6 Å². The van der Waals surface area contributed by atoms with Crippen LogP contribution in [0.25, 0.3) is 6.08 Å². The van der Waals surface area contributed by atoms with E-state index < -0.39 is 27.4 Å². The highest BCUT2D eigenvalue weighted by molar-refractivity contribution is 9.11. The molecule has 0 unspecified atom stereocenters. The maximum Gasteiger partial charge on any atom is 0.338 e. The van der Waals surface area contributed by atoms with Gasteiger partial charge in [0.05, 0.1) is 47.2 Å². The van der Waals surface area contributed by atoms with Gasteiger partial charge in [0.25, 0.3) is 16.9 Å². The lowest BCUT2D eigenvalue weighted by molar-refractivity contribution is -0.385. The number of hydrogen-bond donors (Lipinski definition) is 0. The fourth-order valence-electron chi connectivity index (χ4n) is 4.92. The van der Waals surface area contributed by atoms with Gasteiger partial charge in [0.15, 0.2) is 4.80 Å². The summed E-state index contributed by atoms with van der Waals surface area (Å²) in [7, 11) is 0. The molecule has 5 rings (SSSR count). The minimum atomic E-state index is -0.995. The van der Waals surface area contributed by atoms with Crippen molar-refractivity contribution >= 4 is 66.6 Å². The second kappa shape index (κ2) is 13.5. The summed E-state index contributed by atoms with van der Waals surface area (Å²) in [5.41, 5.74) is 2.09. The number of aromatic nitrogens is 1. The number of aryl methyl sites for hydroxylation is 1. The molecule has 1 aliphatic heterocycles. The monoisotopic (exact) mass is 770 g/mol. The fraction of sp³-hybridized carbons (Fsp3) is 0.194. The topological polar surface area (TPSA) is 156 Å². The third kappa shape index (κ3) is 6.57. The number of carbonyl (C=O) groups is 1. The molecule has 15 heteroatoms. The number of nitro benzene ring substituents is 2. The van der Waals surface area contributed by atoms with E-state index in [9.17, 15) is 29.8 Å². The largest absolute Gasteiger partial charge is 0.487 e. The number of rotatable bonds is 9. The molecule has 46 heavy (non-hydrogen) atoms. The number of halogens is 2. The van der Waals surface area contributed by atoms with Crippen molar-refractivity contribution in [2.45, 2.75) is 33.4 Å². The Labute approximate surface area is 281 Å². The fourth-order valence-corrected chi connectivity index (χ4v) is 7.42. The molecule has 2 heterocycles. The summed E-state index contributed by atoms with van der Waals surface area (Å²) < 4.78 is 14.1. The minimum absolute atomic E-state index is 0.0143. The zero-order valence-corrected chi connectivity index (χ0v) is 28.5. The number of ether oxygens (including phenoxy) is 2. The van der Waals surface area contributed by atoms with Crippen LogP contribution in [0.15, 0.2) is 84.6 Å². The van der Waals surface area contributed by atoms with E-state index in [2.05, 4.69) is 36.9 Å². The van der Waals surface area contributed by atoms with Gasteiger partial charge in [0.1, 0.15) is 12.4 Å². The van der Waals surface area contributed by atoms with E-state index in [0.29, 0.717) is 46.4 Å². The van der Waals surface area contributed by atoms with Crippen molar-refractivity contribution in [1.82, 2.24) is 4.57 Å². The van der Waals surface area contributed by atoms with Gasteiger partial charge in [-0.05, 0) is 99.7 Å². The molecule has 0 saturated heterocycles. The molecule has 0 bridgehead atoms. The van der Waals surface area contributed by atoms with Crippen molar-refractivity contribution in [3.05, 3.63) is 137 Å². The van der Waals surface area contributed by atoms with Crippen LogP contribution in [0.4, 0.5) is 11.4 Å². The Morgan fingerprint density at radius 3 is 2.33 bits per heavy atom. The van der Waals surface area contributed by atoms with E-state index in [1.54, 1.807) is 63.2 Å². The van der Waals surface area contributed by atoms with Crippen LogP contribution in [0.5, 0.6) is 5.75 Å². The summed E-state index contributed by atoms with van der Waals surface area (Å²) in [6, 6.07) is 13.2. The number of nitrogens with zero attached hydrogens (tertiary/aromatic N) is 4. The predicted molar refractivity (Wildman–Crippen MR) is 178 cm³/mol. The average molecular weight is 772 g/mol. The Hall–Kier alpha value is -4.47. The van der Waals surface area contributed by atoms with Gasteiger partial charge in [-0.15, -0.1) is 0 Å². The van der Waals surface area contributed by atoms with E-state index in [0.717, 1.165) is 16.9 Å². The Balaban J connectivity index is 1.55. The number of hydrogen-bond acceptors (Lipinski definition) is 10. The van der Waals surface area contributed by atoms with Crippen molar-refractivity contribution in [1.29, 1.82) is 0 Å². The molecular weight excluding hydrogens is 748 g/mol. The smallest absolute Gasteiger partial charge is 0.338 e. The van der Waals surface area contributed by atoms with E-state index in [4.69, 9.17) is 9.47 Å². The standard InChI is InChI=1S/C31H24Br2N4O8S/c1-4-44-30(39)26-17(3)34-31-35(27(26)20-8-5-16(2)24(14-20)37(42)43)29(38)25(46-31)13-19-11-22(32)28(23(33)12-19)45-15-18-6-9-21(10-7-18)36(40)41/h5-14,27H,4,15H2,1-3H3/b25-13+/t27-/m0/s1. The van der Waals surface area contributed by atoms with Crippen molar-refractivity contribution in [3.63, 3.8) is 0 Å². The van der Waals surface area contributed by atoms with Gasteiger partial charge in [-0.1, -0.05) is 23.5 Å². The second-order valence-electron chi connectivity index (χ2n) is 10.1. The van der Waals surface area contributed by atoms with E-state index >= 15 is 0 Å². The van der Waals surface area contributed by atoms with E-state index in [-0.39, 0.29) is 30.2 Å². The molecule has 12 nitrogen and oxygen atoms in total. The normalized spacial score (nSPS) is 14.5. The van der Waals surface area contributed by atoms with Gasteiger partial charge in [0, 0.05) is 23.8 Å². The molecule has 3 aromatic carbocycles. The van der Waals surface area contributed by atoms with Crippen LogP contribution >= 0.6 is 43.2 Å². The average Bonchev–Trinajstić information content (AvgIpc) is 3.30. The van der Waals surface area contributed by atoms with Crippen LogP contribution in [0, 0.1) is 27.2 Å². The molecule has 1 aromatic heterocycles. The van der Waals surface area contributed by atoms with Gasteiger partial charge in [-0.25, -0.2) is 9.79 Å². The molecule has 0 spiro atoms. The van der Waals surface area contributed by atoms with Crippen LogP contribution in [0.1, 0.15) is 42.1 Å². The molecule has 1 aliphatic rings. The van der Waals surface area contributed by atoms with Crippen LogP contribution in [0.3, 0.4) is 0 Å². The summed E-state index contributed by atoms with van der Waals surface area (Å²) in [5, 5.41) is 22.7. The van der Waals surface area contributed by atoms with E-state index in [1.807, 2.05) is 0 Å². The summed E-state index contributed by atoms with van der Waals surface area (Å²) >= 11 is 8.18. The maximum atomic E-state index is 14.0. The highest BCUT2D eigenvalue weighted by Gasteiger charge is 2.34. The lowest BCUT2D eigenvalue weighted by atomic mass is 9.94. The minimum Gasteiger partial charge on any atom is -0.487 e. The molecule has 0 radical (unpaired) electrons. The molecule has 0 aliphatic carbocycles. The molecule has 0 amide bonds. The molecule has 0 N–H and O–H groups in total. The Bertz CT molecular complexity index is 2100. The van der Waals surface area contributed by atoms with Gasteiger partial charge >= 0.3 is 5.97 Å². The van der Waals surface area contributed by atoms with Crippen molar-refractivity contribution in [2.24, 2.45) is 4.99 Å². The maximum absolute atomic E-state index is 14.0. The van der Waals surface area contributed by atoms with Crippen LogP contribution in [-0.4, -0.2) is 27.0 Å². The Kier molecular flexibility index (Phi) is 9.65. The van der Waals surface area contributed by atoms with Crippen LogP contribution in [0.2, 0.25) is 0 Å². The lowest BCUT2D eigenvalue weighted by Gasteiger charge is -2.24. The van der Waals surface area contributed by atoms with Crippen molar-refractivity contribution < 1.29 is 24.1 Å². The first-order chi connectivity index (χ1) is 21.9. The Morgan fingerprint density at radius 1 is 1.04 bits per heavy atom. The summed E-state index contributed by atoms with van der Waals surface area (Å²) in [4.78, 5) is 53.7. The number of benzene rings is 3. The lowest BCUT2D eigenvalue weighted by Crippen LogP contribution is -2.40. The first kappa shape index (κ1) is 32.9. The highest BCUT2D eigenvalue weighted by Crippen LogP contribution is 2.36. The number of nitro groups is 2. The van der Waals surface area contributed by atoms with Gasteiger partial charge in [0.2, 0.25) is 0 Å². The molecular formula is C31H24Br2N4O8S. The third-order valence-electron chi connectivity index (χ3n) is 7.11. The molecule has 1 atom stereocenters. The number of fused-ring (bicyclic) bond motifs is 1. The first-order valence-electron chi connectivity index (χ1n) is 13.7. The van der Waals surface area contributed by atoms with Gasteiger partial charge < -0.3 is 9.47 Å².